The van der Waals surface area contributed by atoms with Crippen molar-refractivity contribution in [3.05, 3.63) is 21.9 Å². The highest BCUT2D eigenvalue weighted by Crippen LogP contribution is 2.14. The predicted octanol–water partition coefficient (Wildman–Crippen LogP) is 1.27. The molecule has 4 nitrogen and oxygen atoms in total. The molecule has 2 heterocycles. The van der Waals surface area contributed by atoms with Crippen LogP contribution in [0.2, 0.25) is 0 Å². The van der Waals surface area contributed by atoms with Gasteiger partial charge in [-0.05, 0) is 38.9 Å². The summed E-state index contributed by atoms with van der Waals surface area (Å²) < 4.78 is 0. The molecule has 0 spiro atoms. The maximum absolute atomic E-state index is 12.1. The van der Waals surface area contributed by atoms with Crippen LogP contribution in [0, 0.1) is 11.8 Å². The van der Waals surface area contributed by atoms with Crippen LogP contribution >= 0.6 is 11.3 Å². The minimum absolute atomic E-state index is 0.0203. The summed E-state index contributed by atoms with van der Waals surface area (Å²) in [5.74, 6) is 5.72. The van der Waals surface area contributed by atoms with Crippen molar-refractivity contribution in [3.63, 3.8) is 0 Å². The number of nitrogens with one attached hydrogen (secondary N) is 1. The lowest BCUT2D eigenvalue weighted by molar-refractivity contribution is 0.0941. The average Bonchev–Trinajstić information content (AvgIpc) is 3.12. The largest absolute Gasteiger partial charge is 0.350 e. The van der Waals surface area contributed by atoms with E-state index in [-0.39, 0.29) is 5.91 Å². The van der Waals surface area contributed by atoms with Crippen molar-refractivity contribution in [2.45, 2.75) is 25.8 Å². The molecule has 3 N–H and O–H groups in total. The summed E-state index contributed by atoms with van der Waals surface area (Å²) >= 11 is 1.48. The molecular formula is C15H21N3OS. The molecule has 1 fully saturated rings. The second-order valence-electron chi connectivity index (χ2n) is 5.01. The van der Waals surface area contributed by atoms with Gasteiger partial charge in [0.05, 0.1) is 17.0 Å². The molecule has 0 radical (unpaired) electrons. The Hall–Kier alpha value is -1.35. The standard InChI is InChI=1S/C15H21N3OS/c1-12(18-7-2-3-8-18)10-17-15(19)13-9-14(20-11-13)5-4-6-16/h9,11-12H,2-3,6-8,10,16H2,1H3,(H,17,19). The zero-order chi connectivity index (χ0) is 14.4. The van der Waals surface area contributed by atoms with Gasteiger partial charge in [0.25, 0.3) is 5.91 Å². The molecule has 1 amide bonds. The summed E-state index contributed by atoms with van der Waals surface area (Å²) in [5.41, 5.74) is 6.02. The van der Waals surface area contributed by atoms with Gasteiger partial charge in [-0.3, -0.25) is 9.69 Å². The highest BCUT2D eigenvalue weighted by Gasteiger charge is 2.18. The number of carbonyl (C=O) groups is 1. The van der Waals surface area contributed by atoms with Crippen molar-refractivity contribution in [1.82, 2.24) is 10.2 Å². The first kappa shape index (κ1) is 15.0. The molecule has 1 unspecified atom stereocenters. The van der Waals surface area contributed by atoms with Crippen LogP contribution in [0.1, 0.15) is 35.0 Å². The van der Waals surface area contributed by atoms with Gasteiger partial charge in [0.15, 0.2) is 0 Å². The van der Waals surface area contributed by atoms with E-state index in [2.05, 4.69) is 29.0 Å². The fraction of sp³-hybridized carbons (Fsp3) is 0.533. The van der Waals surface area contributed by atoms with Gasteiger partial charge in [-0.2, -0.15) is 0 Å². The summed E-state index contributed by atoms with van der Waals surface area (Å²) in [6.45, 7) is 5.49. The first-order chi connectivity index (χ1) is 9.70. The summed E-state index contributed by atoms with van der Waals surface area (Å²) in [7, 11) is 0. The Morgan fingerprint density at radius 2 is 2.30 bits per heavy atom. The summed E-state index contributed by atoms with van der Waals surface area (Å²) in [6, 6.07) is 2.22. The van der Waals surface area contributed by atoms with E-state index in [0.717, 1.165) is 18.0 Å². The lowest BCUT2D eigenvalue weighted by Gasteiger charge is -2.23. The molecule has 1 aromatic rings. The molecule has 0 bridgehead atoms. The van der Waals surface area contributed by atoms with Crippen LogP contribution in [0.15, 0.2) is 11.4 Å². The first-order valence-electron chi connectivity index (χ1n) is 7.00. The normalized spacial score (nSPS) is 16.5. The third-order valence-electron chi connectivity index (χ3n) is 3.50. The summed E-state index contributed by atoms with van der Waals surface area (Å²) in [4.78, 5) is 15.4. The number of likely N-dealkylation sites (tertiary alicyclic amines) is 1. The van der Waals surface area contributed by atoms with Crippen LogP contribution in [0.25, 0.3) is 0 Å². The number of rotatable bonds is 4. The van der Waals surface area contributed by atoms with Gasteiger partial charge in [0.2, 0.25) is 0 Å². The van der Waals surface area contributed by atoms with Crippen LogP contribution in [-0.2, 0) is 0 Å². The van der Waals surface area contributed by atoms with E-state index in [1.165, 1.54) is 24.2 Å². The lowest BCUT2D eigenvalue weighted by Crippen LogP contribution is -2.40. The number of nitrogens with zero attached hydrogens (tertiary/aromatic N) is 1. The van der Waals surface area contributed by atoms with Gasteiger partial charge in [0.1, 0.15) is 0 Å². The third kappa shape index (κ3) is 4.07. The van der Waals surface area contributed by atoms with Crippen molar-refractivity contribution in [1.29, 1.82) is 0 Å². The smallest absolute Gasteiger partial charge is 0.252 e. The minimum atomic E-state index is -0.0203. The van der Waals surface area contributed by atoms with Gasteiger partial charge in [0, 0.05) is 18.0 Å². The maximum Gasteiger partial charge on any atom is 0.252 e. The highest BCUT2D eigenvalue weighted by atomic mass is 32.1. The van der Waals surface area contributed by atoms with Crippen LogP contribution in [0.4, 0.5) is 0 Å². The molecular weight excluding hydrogens is 270 g/mol. The fourth-order valence-corrected chi connectivity index (χ4v) is 3.07. The Morgan fingerprint density at radius 1 is 1.55 bits per heavy atom. The fourth-order valence-electron chi connectivity index (χ4n) is 2.31. The predicted molar refractivity (Wildman–Crippen MR) is 82.9 cm³/mol. The average molecular weight is 291 g/mol. The van der Waals surface area contributed by atoms with E-state index in [0.29, 0.717) is 24.7 Å². The van der Waals surface area contributed by atoms with E-state index in [9.17, 15) is 4.79 Å². The van der Waals surface area contributed by atoms with Gasteiger partial charge in [-0.1, -0.05) is 11.8 Å². The zero-order valence-electron chi connectivity index (χ0n) is 11.8. The van der Waals surface area contributed by atoms with E-state index in [1.807, 2.05) is 11.4 Å². The number of hydrogen-bond acceptors (Lipinski definition) is 4. The molecule has 0 saturated carbocycles. The monoisotopic (exact) mass is 291 g/mol. The molecule has 1 saturated heterocycles. The number of hydrogen-bond donors (Lipinski definition) is 2. The van der Waals surface area contributed by atoms with Gasteiger partial charge in [-0.15, -0.1) is 11.3 Å². The Labute approximate surface area is 124 Å². The molecule has 1 aromatic heterocycles. The maximum atomic E-state index is 12.1. The van der Waals surface area contributed by atoms with E-state index in [4.69, 9.17) is 5.73 Å². The van der Waals surface area contributed by atoms with Crippen molar-refractivity contribution >= 4 is 17.2 Å². The SMILES string of the molecule is CC(CNC(=O)c1csc(C#CCN)c1)N1CCCC1. The first-order valence-corrected chi connectivity index (χ1v) is 7.88. The Kier molecular flexibility index (Phi) is 5.60. The van der Waals surface area contributed by atoms with Crippen molar-refractivity contribution in [2.75, 3.05) is 26.2 Å². The Morgan fingerprint density at radius 3 is 3.00 bits per heavy atom. The molecule has 1 aliphatic rings. The van der Waals surface area contributed by atoms with E-state index < -0.39 is 0 Å². The number of carbonyl (C=O) groups excluding carboxylic acids is 1. The van der Waals surface area contributed by atoms with Crippen LogP contribution in [-0.4, -0.2) is 43.0 Å². The lowest BCUT2D eigenvalue weighted by atomic mass is 10.2. The molecule has 0 aliphatic carbocycles. The number of thiophene rings is 1. The van der Waals surface area contributed by atoms with Crippen molar-refractivity contribution in [2.24, 2.45) is 5.73 Å². The number of amides is 1. The quantitative estimate of drug-likeness (QED) is 0.822. The molecule has 1 aliphatic heterocycles. The highest BCUT2D eigenvalue weighted by molar-refractivity contribution is 7.10. The second kappa shape index (κ2) is 7.44. The van der Waals surface area contributed by atoms with Crippen molar-refractivity contribution < 1.29 is 4.79 Å². The van der Waals surface area contributed by atoms with Crippen LogP contribution in [0.5, 0.6) is 0 Å². The molecule has 1 atom stereocenters. The molecule has 5 heteroatoms. The minimum Gasteiger partial charge on any atom is -0.350 e. The van der Waals surface area contributed by atoms with Gasteiger partial charge < -0.3 is 11.1 Å². The van der Waals surface area contributed by atoms with Crippen molar-refractivity contribution in [3.8, 4) is 11.8 Å². The van der Waals surface area contributed by atoms with Crippen LogP contribution < -0.4 is 11.1 Å². The van der Waals surface area contributed by atoms with Crippen LogP contribution in [0.3, 0.4) is 0 Å². The zero-order valence-corrected chi connectivity index (χ0v) is 12.6. The summed E-state index contributed by atoms with van der Waals surface area (Å²) in [6.07, 6.45) is 2.54. The Bertz CT molecular complexity index is 509. The molecule has 0 aromatic carbocycles. The third-order valence-corrected chi connectivity index (χ3v) is 4.34. The van der Waals surface area contributed by atoms with E-state index >= 15 is 0 Å². The molecule has 2 rings (SSSR count). The second-order valence-corrected chi connectivity index (χ2v) is 5.92. The molecule has 108 valence electrons. The van der Waals surface area contributed by atoms with Gasteiger partial charge >= 0.3 is 0 Å². The summed E-state index contributed by atoms with van der Waals surface area (Å²) in [5, 5.41) is 4.84. The number of nitrogens with two attached hydrogens (primary N) is 1. The van der Waals surface area contributed by atoms with Gasteiger partial charge in [-0.25, -0.2) is 0 Å². The van der Waals surface area contributed by atoms with E-state index in [1.54, 1.807) is 0 Å². The topological polar surface area (TPSA) is 58.4 Å². The Balaban J connectivity index is 1.83. The molecule has 20 heavy (non-hydrogen) atoms.